The summed E-state index contributed by atoms with van der Waals surface area (Å²) < 4.78 is 28.4. The van der Waals surface area contributed by atoms with Crippen LogP contribution in [-0.4, -0.2) is 27.0 Å². The smallest absolute Gasteiger partial charge is 0.264 e. The van der Waals surface area contributed by atoms with Crippen LogP contribution in [0.1, 0.15) is 43.6 Å². The first-order valence-corrected chi connectivity index (χ1v) is 10.1. The van der Waals surface area contributed by atoms with Crippen LogP contribution in [-0.2, 0) is 14.3 Å². The summed E-state index contributed by atoms with van der Waals surface area (Å²) in [5.41, 5.74) is 1.23. The van der Waals surface area contributed by atoms with E-state index in [1.54, 1.807) is 11.8 Å². The second kappa shape index (κ2) is 6.96. The molecule has 1 aromatic rings. The van der Waals surface area contributed by atoms with Crippen LogP contribution in [0, 0.1) is 0 Å². The van der Waals surface area contributed by atoms with Gasteiger partial charge >= 0.3 is 0 Å². The van der Waals surface area contributed by atoms with Crippen LogP contribution in [0.15, 0.2) is 29.2 Å². The predicted molar refractivity (Wildman–Crippen MR) is 83.8 cm³/mol. The maximum Gasteiger partial charge on any atom is 0.264 e. The first-order valence-electron chi connectivity index (χ1n) is 7.02. The molecule has 0 aromatic heterocycles. The molecule has 20 heavy (non-hydrogen) atoms. The van der Waals surface area contributed by atoms with Crippen LogP contribution < -0.4 is 0 Å². The van der Waals surface area contributed by atoms with Crippen molar-refractivity contribution in [3.05, 3.63) is 29.8 Å². The van der Waals surface area contributed by atoms with E-state index in [9.17, 15) is 8.42 Å². The molecular weight excluding hydrogens is 292 g/mol. The fourth-order valence-corrected chi connectivity index (χ4v) is 4.29. The molecular formula is C15H22O3S2. The van der Waals surface area contributed by atoms with Gasteiger partial charge in [-0.1, -0.05) is 37.5 Å². The van der Waals surface area contributed by atoms with Gasteiger partial charge in [-0.3, -0.25) is 4.18 Å². The highest BCUT2D eigenvalue weighted by molar-refractivity contribution is 7.98. The van der Waals surface area contributed by atoms with E-state index >= 15 is 0 Å². The van der Waals surface area contributed by atoms with E-state index in [0.717, 1.165) is 38.4 Å². The highest BCUT2D eigenvalue weighted by Crippen LogP contribution is 2.38. The zero-order chi connectivity index (χ0) is 14.6. The Hall–Kier alpha value is -0.520. The van der Waals surface area contributed by atoms with Gasteiger partial charge in [0.05, 0.1) is 12.4 Å². The normalized spacial score (nSPS) is 24.3. The van der Waals surface area contributed by atoms with Crippen molar-refractivity contribution in [2.45, 2.75) is 49.0 Å². The van der Waals surface area contributed by atoms with Crippen molar-refractivity contribution < 1.29 is 12.6 Å². The summed E-state index contributed by atoms with van der Waals surface area (Å²) in [6.07, 6.45) is 8.13. The molecule has 1 fully saturated rings. The molecule has 1 aromatic carbocycles. The van der Waals surface area contributed by atoms with E-state index in [1.807, 2.05) is 12.1 Å². The zero-order valence-electron chi connectivity index (χ0n) is 12.0. The van der Waals surface area contributed by atoms with E-state index in [2.05, 4.69) is 18.4 Å². The number of hydrogen-bond donors (Lipinski definition) is 0. The molecule has 2 atom stereocenters. The van der Waals surface area contributed by atoms with Crippen molar-refractivity contribution in [2.75, 3.05) is 12.5 Å². The Kier molecular flexibility index (Phi) is 5.52. The molecule has 112 valence electrons. The lowest BCUT2D eigenvalue weighted by Gasteiger charge is -2.26. The Labute approximate surface area is 126 Å². The molecule has 1 aliphatic carbocycles. The van der Waals surface area contributed by atoms with E-state index in [1.165, 1.54) is 10.5 Å². The average Bonchev–Trinajstić information content (AvgIpc) is 2.62. The monoisotopic (exact) mass is 314 g/mol. The summed E-state index contributed by atoms with van der Waals surface area (Å²) in [7, 11) is -3.41. The van der Waals surface area contributed by atoms with Crippen molar-refractivity contribution in [1.82, 2.24) is 0 Å². The fraction of sp³-hybridized carbons (Fsp3) is 0.600. The molecule has 0 heterocycles. The summed E-state index contributed by atoms with van der Waals surface area (Å²) in [4.78, 5) is 1.22. The lowest BCUT2D eigenvalue weighted by Crippen LogP contribution is -2.24. The standard InChI is InChI=1S/C15H22O3S2/c1-19-15-11-7-6-9-13(15)12-8-4-3-5-10-14(12)18-20(2,16)17/h6-7,9,11-12,14H,3-5,8,10H2,1-2H3/t12-,14+/m1/s1. The summed E-state index contributed by atoms with van der Waals surface area (Å²) in [6, 6.07) is 8.26. The van der Waals surface area contributed by atoms with E-state index in [0.29, 0.717) is 0 Å². The highest BCUT2D eigenvalue weighted by atomic mass is 32.2. The third-order valence-corrected chi connectivity index (χ3v) is 5.20. The summed E-state index contributed by atoms with van der Waals surface area (Å²) in [6.45, 7) is 0. The summed E-state index contributed by atoms with van der Waals surface area (Å²) >= 11 is 1.71. The van der Waals surface area contributed by atoms with Crippen LogP contribution in [0.4, 0.5) is 0 Å². The number of hydrogen-bond acceptors (Lipinski definition) is 4. The molecule has 0 amide bonds. The summed E-state index contributed by atoms with van der Waals surface area (Å²) in [5, 5.41) is 0. The quantitative estimate of drug-likeness (QED) is 0.482. The third kappa shape index (κ3) is 4.24. The van der Waals surface area contributed by atoms with Crippen LogP contribution in [0.3, 0.4) is 0 Å². The Morgan fingerprint density at radius 1 is 1.15 bits per heavy atom. The minimum atomic E-state index is -3.41. The molecule has 0 aliphatic heterocycles. The molecule has 5 heteroatoms. The van der Waals surface area contributed by atoms with Crippen molar-refractivity contribution in [2.24, 2.45) is 0 Å². The van der Waals surface area contributed by atoms with Gasteiger partial charge in [-0.2, -0.15) is 8.42 Å². The molecule has 0 unspecified atom stereocenters. The molecule has 2 rings (SSSR count). The maximum absolute atomic E-state index is 11.5. The van der Waals surface area contributed by atoms with Gasteiger partial charge in [0.1, 0.15) is 0 Å². The predicted octanol–water partition coefficient (Wildman–Crippen LogP) is 3.80. The lowest BCUT2D eigenvalue weighted by atomic mass is 9.89. The number of benzene rings is 1. The SMILES string of the molecule is CSc1ccccc1[C@H]1CCCCC[C@@H]1OS(C)(=O)=O. The molecule has 0 radical (unpaired) electrons. The molecule has 1 aliphatic rings. The van der Waals surface area contributed by atoms with Crippen molar-refractivity contribution in [1.29, 1.82) is 0 Å². The van der Waals surface area contributed by atoms with Crippen molar-refractivity contribution in [3.8, 4) is 0 Å². The van der Waals surface area contributed by atoms with Crippen LogP contribution in [0.25, 0.3) is 0 Å². The van der Waals surface area contributed by atoms with Crippen LogP contribution >= 0.6 is 11.8 Å². The third-order valence-electron chi connectivity index (χ3n) is 3.79. The minimum absolute atomic E-state index is 0.177. The van der Waals surface area contributed by atoms with E-state index in [4.69, 9.17) is 4.18 Å². The molecule has 0 saturated heterocycles. The average molecular weight is 314 g/mol. The van der Waals surface area contributed by atoms with Gasteiger partial charge in [0, 0.05) is 10.8 Å². The van der Waals surface area contributed by atoms with Gasteiger partial charge < -0.3 is 0 Å². The minimum Gasteiger partial charge on any atom is -0.266 e. The van der Waals surface area contributed by atoms with Gasteiger partial charge in [0.25, 0.3) is 10.1 Å². The van der Waals surface area contributed by atoms with Crippen molar-refractivity contribution in [3.63, 3.8) is 0 Å². The lowest BCUT2D eigenvalue weighted by molar-refractivity contribution is 0.169. The topological polar surface area (TPSA) is 43.4 Å². The van der Waals surface area contributed by atoms with E-state index < -0.39 is 10.1 Å². The Balaban J connectivity index is 2.32. The van der Waals surface area contributed by atoms with Gasteiger partial charge in [-0.05, 0) is 30.7 Å². The second-order valence-electron chi connectivity index (χ2n) is 5.33. The van der Waals surface area contributed by atoms with Crippen LogP contribution in [0.5, 0.6) is 0 Å². The van der Waals surface area contributed by atoms with Gasteiger partial charge in [0.15, 0.2) is 0 Å². The van der Waals surface area contributed by atoms with Gasteiger partial charge in [0.2, 0.25) is 0 Å². The molecule has 3 nitrogen and oxygen atoms in total. The fourth-order valence-electron chi connectivity index (χ4n) is 2.94. The number of rotatable bonds is 4. The van der Waals surface area contributed by atoms with Crippen molar-refractivity contribution >= 4 is 21.9 Å². The molecule has 0 bridgehead atoms. The largest absolute Gasteiger partial charge is 0.266 e. The molecule has 0 spiro atoms. The highest BCUT2D eigenvalue weighted by Gasteiger charge is 2.30. The van der Waals surface area contributed by atoms with Crippen LogP contribution in [0.2, 0.25) is 0 Å². The maximum atomic E-state index is 11.5. The molecule has 1 saturated carbocycles. The van der Waals surface area contributed by atoms with E-state index in [-0.39, 0.29) is 12.0 Å². The first kappa shape index (κ1) is 15.9. The first-order chi connectivity index (χ1) is 9.51. The Morgan fingerprint density at radius 2 is 1.85 bits per heavy atom. The molecule has 0 N–H and O–H groups in total. The van der Waals surface area contributed by atoms with Gasteiger partial charge in [-0.15, -0.1) is 11.8 Å². The second-order valence-corrected chi connectivity index (χ2v) is 7.77. The number of thioether (sulfide) groups is 1. The Morgan fingerprint density at radius 3 is 2.55 bits per heavy atom. The van der Waals surface area contributed by atoms with Gasteiger partial charge in [-0.25, -0.2) is 0 Å². The summed E-state index contributed by atoms with van der Waals surface area (Å²) in [5.74, 6) is 0.177. The Bertz CT molecular complexity index is 540. The zero-order valence-corrected chi connectivity index (χ0v) is 13.7.